The Morgan fingerprint density at radius 1 is 1.50 bits per heavy atom. The Labute approximate surface area is 61.3 Å². The van der Waals surface area contributed by atoms with Crippen LogP contribution in [0.5, 0.6) is 0 Å². The van der Waals surface area contributed by atoms with Gasteiger partial charge in [0.2, 0.25) is 0 Å². The number of hydrogen-bond donors (Lipinski definition) is 0. The summed E-state index contributed by atoms with van der Waals surface area (Å²) in [6.45, 7) is 3.52. The highest BCUT2D eigenvalue weighted by atomic mass is 35.5. The molecule has 1 aromatic heterocycles. The fourth-order valence-corrected chi connectivity index (χ4v) is 1.49. The summed E-state index contributed by atoms with van der Waals surface area (Å²) < 4.78 is 1.01. The van der Waals surface area contributed by atoms with E-state index in [9.17, 15) is 0 Å². The number of halogens is 2. The van der Waals surface area contributed by atoms with Crippen LogP contribution in [-0.2, 0) is 0 Å². The van der Waals surface area contributed by atoms with Gasteiger partial charge in [-0.1, -0.05) is 34.5 Å². The van der Waals surface area contributed by atoms with Crippen LogP contribution in [0.2, 0.25) is 8.80 Å². The molecular formula is C4H2Cl2NS. The second kappa shape index (κ2) is 2.21. The van der Waals surface area contributed by atoms with E-state index >= 15 is 0 Å². The van der Waals surface area contributed by atoms with Gasteiger partial charge in [0.05, 0.1) is 5.69 Å². The van der Waals surface area contributed by atoms with Gasteiger partial charge in [0, 0.05) is 0 Å². The van der Waals surface area contributed by atoms with Crippen LogP contribution < -0.4 is 0 Å². The molecule has 0 bridgehead atoms. The normalized spacial score (nSPS) is 9.88. The van der Waals surface area contributed by atoms with E-state index in [1.165, 1.54) is 11.3 Å². The topological polar surface area (TPSA) is 12.9 Å². The number of rotatable bonds is 0. The minimum Gasteiger partial charge on any atom is -0.228 e. The maximum atomic E-state index is 5.54. The molecule has 1 nitrogen and oxygen atoms in total. The molecule has 0 saturated carbocycles. The Hall–Kier alpha value is 0.210. The van der Waals surface area contributed by atoms with Gasteiger partial charge in [-0.15, -0.1) is 0 Å². The van der Waals surface area contributed by atoms with Crippen molar-refractivity contribution >= 4 is 34.5 Å². The molecule has 0 aliphatic rings. The van der Waals surface area contributed by atoms with Crippen LogP contribution in [0.4, 0.5) is 0 Å². The van der Waals surface area contributed by atoms with Crippen molar-refractivity contribution in [1.29, 1.82) is 0 Å². The molecule has 0 atom stereocenters. The van der Waals surface area contributed by atoms with E-state index in [1.54, 1.807) is 0 Å². The number of thiazole rings is 1. The van der Waals surface area contributed by atoms with Crippen molar-refractivity contribution in [1.82, 2.24) is 4.98 Å². The van der Waals surface area contributed by atoms with Gasteiger partial charge in [0.1, 0.15) is 4.34 Å². The molecule has 0 aromatic carbocycles. The minimum absolute atomic E-state index is 0.444. The lowest BCUT2D eigenvalue weighted by Crippen LogP contribution is -1.65. The maximum Gasteiger partial charge on any atom is 0.185 e. The lowest BCUT2D eigenvalue weighted by molar-refractivity contribution is 1.35. The van der Waals surface area contributed by atoms with Crippen molar-refractivity contribution in [3.63, 3.8) is 0 Å². The second-order valence-corrected chi connectivity index (χ2v) is 3.37. The highest BCUT2D eigenvalue weighted by Gasteiger charge is 2.00. The molecule has 1 aromatic rings. The first-order valence-corrected chi connectivity index (χ1v) is 3.41. The number of hydrogen-bond acceptors (Lipinski definition) is 2. The van der Waals surface area contributed by atoms with Crippen molar-refractivity contribution < 1.29 is 0 Å². The lowest BCUT2D eigenvalue weighted by Gasteiger charge is -1.74. The van der Waals surface area contributed by atoms with Crippen molar-refractivity contribution in [3.05, 3.63) is 21.4 Å². The summed E-state index contributed by atoms with van der Waals surface area (Å²) in [7, 11) is 0. The lowest BCUT2D eigenvalue weighted by atomic mass is 10.6. The van der Waals surface area contributed by atoms with Gasteiger partial charge in [0.15, 0.2) is 4.47 Å². The third-order valence-electron chi connectivity index (χ3n) is 0.624. The third-order valence-corrected chi connectivity index (χ3v) is 2.06. The first kappa shape index (κ1) is 6.33. The third kappa shape index (κ3) is 1.13. The largest absolute Gasteiger partial charge is 0.228 e. The first-order valence-electron chi connectivity index (χ1n) is 1.84. The molecule has 0 N–H and O–H groups in total. The van der Waals surface area contributed by atoms with E-state index in [4.69, 9.17) is 23.2 Å². The van der Waals surface area contributed by atoms with Crippen molar-refractivity contribution in [3.8, 4) is 0 Å². The zero-order valence-corrected chi connectivity index (χ0v) is 6.15. The zero-order valence-electron chi connectivity index (χ0n) is 3.82. The van der Waals surface area contributed by atoms with Gasteiger partial charge in [-0.2, -0.15) is 0 Å². The number of aromatic nitrogens is 1. The van der Waals surface area contributed by atoms with E-state index in [-0.39, 0.29) is 0 Å². The highest BCUT2D eigenvalue weighted by Crippen LogP contribution is 2.26. The molecule has 0 saturated heterocycles. The molecule has 1 radical (unpaired) electrons. The molecule has 8 heavy (non-hydrogen) atoms. The van der Waals surface area contributed by atoms with Crippen LogP contribution in [-0.4, -0.2) is 4.98 Å². The van der Waals surface area contributed by atoms with E-state index < -0.39 is 0 Å². The fourth-order valence-electron chi connectivity index (χ4n) is 0.306. The summed E-state index contributed by atoms with van der Waals surface area (Å²) >= 11 is 12.2. The quantitative estimate of drug-likeness (QED) is 0.578. The van der Waals surface area contributed by atoms with Gasteiger partial charge in [-0.05, 0) is 6.92 Å². The predicted octanol–water partition coefficient (Wildman–Crippen LogP) is 2.63. The summed E-state index contributed by atoms with van der Waals surface area (Å²) in [4.78, 5) is 3.75. The van der Waals surface area contributed by atoms with Gasteiger partial charge >= 0.3 is 0 Å². The Morgan fingerprint density at radius 2 is 2.12 bits per heavy atom. The van der Waals surface area contributed by atoms with Gasteiger partial charge in [-0.25, -0.2) is 4.98 Å². The minimum atomic E-state index is 0.444. The van der Waals surface area contributed by atoms with Crippen LogP contribution >= 0.6 is 34.5 Å². The zero-order chi connectivity index (χ0) is 6.15. The SMILES string of the molecule is [CH2]c1nc(Cl)sc1Cl. The average Bonchev–Trinajstić information content (AvgIpc) is 1.85. The first-order chi connectivity index (χ1) is 3.70. The van der Waals surface area contributed by atoms with Crippen molar-refractivity contribution in [2.75, 3.05) is 0 Å². The molecule has 4 heteroatoms. The molecule has 1 rings (SSSR count). The molecule has 43 valence electrons. The molecule has 0 fully saturated rings. The average molecular weight is 167 g/mol. The summed E-state index contributed by atoms with van der Waals surface area (Å²) in [5.74, 6) is 0. The summed E-state index contributed by atoms with van der Waals surface area (Å²) in [6, 6.07) is 0. The monoisotopic (exact) mass is 166 g/mol. The van der Waals surface area contributed by atoms with Crippen molar-refractivity contribution in [2.24, 2.45) is 0 Å². The van der Waals surface area contributed by atoms with E-state index in [1.807, 2.05) is 0 Å². The molecule has 0 amide bonds. The Bertz CT molecular complexity index is 176. The van der Waals surface area contributed by atoms with Crippen LogP contribution in [0.25, 0.3) is 0 Å². The molecule has 0 spiro atoms. The maximum absolute atomic E-state index is 5.54. The van der Waals surface area contributed by atoms with Crippen LogP contribution in [0, 0.1) is 6.92 Å². The molecular weight excluding hydrogens is 165 g/mol. The Balaban J connectivity index is 3.14. The summed E-state index contributed by atoms with van der Waals surface area (Å²) in [5.41, 5.74) is 0.557. The fraction of sp³-hybridized carbons (Fsp3) is 0. The Kier molecular flexibility index (Phi) is 1.75. The predicted molar refractivity (Wildman–Crippen MR) is 36.6 cm³/mol. The number of nitrogens with zero attached hydrogens (tertiary/aromatic N) is 1. The standard InChI is InChI=1S/C4H2Cl2NS/c1-2-3(5)8-4(6)7-2/h1H2. The van der Waals surface area contributed by atoms with Crippen molar-refractivity contribution in [2.45, 2.75) is 0 Å². The highest BCUT2D eigenvalue weighted by molar-refractivity contribution is 7.19. The molecule has 1 heterocycles. The van der Waals surface area contributed by atoms with Crippen LogP contribution in [0.1, 0.15) is 5.69 Å². The van der Waals surface area contributed by atoms with E-state index in [0.29, 0.717) is 14.5 Å². The van der Waals surface area contributed by atoms with Gasteiger partial charge in [0.25, 0.3) is 0 Å². The van der Waals surface area contributed by atoms with Crippen LogP contribution in [0.3, 0.4) is 0 Å². The molecule has 0 aliphatic heterocycles. The molecule has 0 aliphatic carbocycles. The summed E-state index contributed by atoms with van der Waals surface area (Å²) in [6.07, 6.45) is 0. The Morgan fingerprint density at radius 3 is 2.25 bits per heavy atom. The van der Waals surface area contributed by atoms with Crippen LogP contribution in [0.15, 0.2) is 0 Å². The van der Waals surface area contributed by atoms with Gasteiger partial charge < -0.3 is 0 Å². The van der Waals surface area contributed by atoms with E-state index in [0.717, 1.165) is 0 Å². The molecule has 0 unspecified atom stereocenters. The second-order valence-electron chi connectivity index (χ2n) is 1.19. The van der Waals surface area contributed by atoms with E-state index in [2.05, 4.69) is 11.9 Å². The van der Waals surface area contributed by atoms with Gasteiger partial charge in [-0.3, -0.25) is 0 Å². The summed E-state index contributed by atoms with van der Waals surface area (Å²) in [5, 5.41) is 0. The smallest absolute Gasteiger partial charge is 0.185 e.